The van der Waals surface area contributed by atoms with Crippen LogP contribution in [0.3, 0.4) is 0 Å². The van der Waals surface area contributed by atoms with Crippen molar-refractivity contribution < 1.29 is 77.2 Å². The SMILES string of the molecule is Cc1cc2c(-c3ccccn3)cccc2[cH-]1.Cc1cc2c(-c3ccccn3)cccc2[cH-]1.Cc1cc2c(-c3ccccn3)cccc2[cH-]1.Cc1cc2c(-c3ccccn3)cccc2[cH-]1.[Cl-].[Cl-].[Zr+2].[Zr+2]. The predicted octanol–water partition coefficient (Wildman–Crippen LogP) is 9.72. The van der Waals surface area contributed by atoms with Crippen LogP contribution < -0.4 is 24.8 Å². The monoisotopic (exact) mass is 1070 g/mol. The van der Waals surface area contributed by atoms with E-state index in [2.05, 4.69) is 193 Å². The van der Waals surface area contributed by atoms with Crippen LogP contribution in [0.1, 0.15) is 22.3 Å². The van der Waals surface area contributed by atoms with Gasteiger partial charge in [0.05, 0.1) is 22.8 Å². The van der Waals surface area contributed by atoms with Crippen molar-refractivity contribution in [3.8, 4) is 45.0 Å². The number of aryl methyl sites for hydroxylation is 4. The zero-order valence-electron chi connectivity index (χ0n) is 38.3. The molecule has 0 aliphatic heterocycles. The smallest absolute Gasteiger partial charge is 1.00 e. The number of nitrogens with zero attached hydrogens (tertiary/aromatic N) is 4. The quantitative estimate of drug-likeness (QED) is 0.165. The summed E-state index contributed by atoms with van der Waals surface area (Å²) in [6.45, 7) is 8.51. The van der Waals surface area contributed by atoms with Crippen LogP contribution in [-0.4, -0.2) is 19.9 Å². The molecule has 0 spiro atoms. The maximum absolute atomic E-state index is 4.41. The summed E-state index contributed by atoms with van der Waals surface area (Å²) < 4.78 is 0. The number of aromatic nitrogens is 4. The second kappa shape index (κ2) is 25.0. The van der Waals surface area contributed by atoms with Gasteiger partial charge in [-0.1, -0.05) is 76.2 Å². The van der Waals surface area contributed by atoms with E-state index in [-0.39, 0.29) is 77.2 Å². The molecule has 12 rings (SSSR count). The average Bonchev–Trinajstić information content (AvgIpc) is 4.13. The molecule has 0 bridgehead atoms. The zero-order valence-corrected chi connectivity index (χ0v) is 44.8. The number of benzene rings is 4. The van der Waals surface area contributed by atoms with Crippen molar-refractivity contribution in [1.82, 2.24) is 19.9 Å². The minimum Gasteiger partial charge on any atom is -1.00 e. The Morgan fingerprint density at radius 2 is 0.500 bits per heavy atom. The molecule has 8 heteroatoms. The second-order valence-corrected chi connectivity index (χ2v) is 16.2. The first-order valence-corrected chi connectivity index (χ1v) is 21.7. The fourth-order valence-electron chi connectivity index (χ4n) is 8.52. The molecule has 0 saturated carbocycles. The summed E-state index contributed by atoms with van der Waals surface area (Å²) in [5.41, 5.74) is 14.2. The molecule has 4 nitrogen and oxygen atoms in total. The Morgan fingerprint density at radius 1 is 0.279 bits per heavy atom. The maximum atomic E-state index is 4.41. The molecule has 0 unspecified atom stereocenters. The molecule has 12 aromatic rings. The molecule has 4 aromatic heterocycles. The topological polar surface area (TPSA) is 51.6 Å². The van der Waals surface area contributed by atoms with Crippen LogP contribution in [0, 0.1) is 27.7 Å². The average molecular weight is 1080 g/mol. The molecule has 8 aromatic carbocycles. The Kier molecular flexibility index (Phi) is 19.6. The number of pyridine rings is 4. The fourth-order valence-corrected chi connectivity index (χ4v) is 8.52. The summed E-state index contributed by atoms with van der Waals surface area (Å²) >= 11 is 0. The number of hydrogen-bond donors (Lipinski definition) is 0. The molecule has 0 saturated heterocycles. The summed E-state index contributed by atoms with van der Waals surface area (Å²) in [5, 5.41) is 10.3. The standard InChI is InChI=1S/4C15H12N.2ClH.2Zr/c4*1-11-9-12-5-4-6-13(14(12)10-11)15-7-2-3-8-16-15;;;;/h4*2-10H,1H3;2*1H;;/q4*-1;;;2*+2/p-2. The van der Waals surface area contributed by atoms with Gasteiger partial charge in [0.15, 0.2) is 0 Å². The van der Waals surface area contributed by atoms with Gasteiger partial charge >= 0.3 is 52.4 Å². The van der Waals surface area contributed by atoms with E-state index in [9.17, 15) is 0 Å². The summed E-state index contributed by atoms with van der Waals surface area (Å²) in [6, 6.07) is 67.3. The molecular weight excluding hydrogens is 1030 g/mol. The molecular formula is C60H48Cl2N4Zr2-2. The Balaban J connectivity index is 0.000000166. The van der Waals surface area contributed by atoms with Gasteiger partial charge in [-0.05, 0) is 70.8 Å². The van der Waals surface area contributed by atoms with Crippen molar-refractivity contribution in [2.75, 3.05) is 0 Å². The van der Waals surface area contributed by atoms with Crippen LogP contribution >= 0.6 is 0 Å². The number of rotatable bonds is 4. The van der Waals surface area contributed by atoms with Gasteiger partial charge in [-0.3, -0.25) is 19.9 Å². The Labute approximate surface area is 450 Å². The van der Waals surface area contributed by atoms with Crippen LogP contribution in [-0.2, 0) is 52.4 Å². The van der Waals surface area contributed by atoms with E-state index in [1.807, 2.05) is 73.3 Å². The minimum atomic E-state index is 0. The van der Waals surface area contributed by atoms with Crippen LogP contribution in [0.2, 0.25) is 0 Å². The van der Waals surface area contributed by atoms with Crippen molar-refractivity contribution in [3.05, 3.63) is 241 Å². The van der Waals surface area contributed by atoms with Crippen LogP contribution in [0.4, 0.5) is 0 Å². The van der Waals surface area contributed by atoms with E-state index >= 15 is 0 Å². The van der Waals surface area contributed by atoms with E-state index in [1.165, 1.54) is 87.6 Å². The summed E-state index contributed by atoms with van der Waals surface area (Å²) in [6.07, 6.45) is 7.35. The van der Waals surface area contributed by atoms with Crippen molar-refractivity contribution in [1.29, 1.82) is 0 Å². The molecule has 68 heavy (non-hydrogen) atoms. The predicted molar refractivity (Wildman–Crippen MR) is 270 cm³/mol. The molecule has 0 N–H and O–H groups in total. The minimum absolute atomic E-state index is 0. The summed E-state index contributed by atoms with van der Waals surface area (Å²) in [5.74, 6) is 0. The molecule has 332 valence electrons. The molecule has 0 radical (unpaired) electrons. The number of hydrogen-bond acceptors (Lipinski definition) is 4. The molecule has 0 fully saturated rings. The van der Waals surface area contributed by atoms with E-state index in [4.69, 9.17) is 0 Å². The van der Waals surface area contributed by atoms with E-state index in [0.29, 0.717) is 0 Å². The van der Waals surface area contributed by atoms with Gasteiger partial charge in [0, 0.05) is 24.8 Å². The third-order valence-electron chi connectivity index (χ3n) is 11.3. The van der Waals surface area contributed by atoms with Crippen molar-refractivity contribution in [2.24, 2.45) is 0 Å². The fraction of sp³-hybridized carbons (Fsp3) is 0.0667. The van der Waals surface area contributed by atoms with Gasteiger partial charge in [0.2, 0.25) is 0 Å². The molecule has 0 amide bonds. The Morgan fingerprint density at radius 3 is 0.691 bits per heavy atom. The summed E-state index contributed by atoms with van der Waals surface area (Å²) in [7, 11) is 0. The van der Waals surface area contributed by atoms with E-state index in [1.54, 1.807) is 0 Å². The third kappa shape index (κ3) is 12.5. The van der Waals surface area contributed by atoms with Gasteiger partial charge in [0.25, 0.3) is 0 Å². The van der Waals surface area contributed by atoms with Crippen molar-refractivity contribution in [2.45, 2.75) is 27.7 Å². The van der Waals surface area contributed by atoms with Crippen molar-refractivity contribution in [3.63, 3.8) is 0 Å². The molecule has 4 heterocycles. The second-order valence-electron chi connectivity index (χ2n) is 16.2. The summed E-state index contributed by atoms with van der Waals surface area (Å²) in [4.78, 5) is 17.6. The van der Waals surface area contributed by atoms with Crippen LogP contribution in [0.25, 0.3) is 88.1 Å². The first-order valence-electron chi connectivity index (χ1n) is 21.7. The first kappa shape index (κ1) is 53.2. The molecule has 0 aliphatic rings. The first-order chi connectivity index (χ1) is 31.4. The van der Waals surface area contributed by atoms with Gasteiger partial charge in [-0.2, -0.15) is 24.3 Å². The van der Waals surface area contributed by atoms with Crippen molar-refractivity contribution >= 4 is 43.1 Å². The van der Waals surface area contributed by atoms with E-state index in [0.717, 1.165) is 22.8 Å². The van der Waals surface area contributed by atoms with Gasteiger partial charge in [-0.25, -0.2) is 0 Å². The Bertz CT molecular complexity index is 2970. The van der Waals surface area contributed by atoms with Gasteiger partial charge in [-0.15, -0.1) is 138 Å². The zero-order chi connectivity index (χ0) is 43.8. The normalized spacial score (nSPS) is 10.2. The molecule has 0 atom stereocenters. The van der Waals surface area contributed by atoms with Gasteiger partial charge < -0.3 is 24.8 Å². The van der Waals surface area contributed by atoms with Crippen LogP contribution in [0.5, 0.6) is 0 Å². The maximum Gasteiger partial charge on any atom is 2.00 e. The van der Waals surface area contributed by atoms with E-state index < -0.39 is 0 Å². The molecule has 0 aliphatic carbocycles. The van der Waals surface area contributed by atoms with Crippen LogP contribution in [0.15, 0.2) is 219 Å². The van der Waals surface area contributed by atoms with Gasteiger partial charge in [0.1, 0.15) is 0 Å². The number of halogens is 2. The number of fused-ring (bicyclic) bond motifs is 4. The third-order valence-corrected chi connectivity index (χ3v) is 11.3. The Hall–Kier alpha value is -5.73. The largest absolute Gasteiger partial charge is 2.00 e.